The standard InChI is InChI=1S/C13H14N2/c1-14-8-3-2-4-11-5-6-13-12(10-11)7-9-15-13/h5-7,9-10,14-15H,3,8H2,1H3. The van der Waals surface area contributed by atoms with E-state index in [4.69, 9.17) is 0 Å². The van der Waals surface area contributed by atoms with Crippen LogP contribution in [0.5, 0.6) is 0 Å². The third-order valence-corrected chi connectivity index (χ3v) is 2.29. The van der Waals surface area contributed by atoms with Gasteiger partial charge in [-0.05, 0) is 31.3 Å². The fourth-order valence-electron chi connectivity index (χ4n) is 1.48. The minimum Gasteiger partial charge on any atom is -0.361 e. The van der Waals surface area contributed by atoms with E-state index in [0.717, 1.165) is 24.0 Å². The van der Waals surface area contributed by atoms with Crippen molar-refractivity contribution in [2.75, 3.05) is 13.6 Å². The zero-order valence-electron chi connectivity index (χ0n) is 8.80. The Labute approximate surface area is 89.7 Å². The molecule has 0 radical (unpaired) electrons. The summed E-state index contributed by atoms with van der Waals surface area (Å²) >= 11 is 0. The van der Waals surface area contributed by atoms with Crippen molar-refractivity contribution in [3.8, 4) is 11.8 Å². The molecule has 0 atom stereocenters. The molecule has 1 aromatic carbocycles. The second-order valence-corrected chi connectivity index (χ2v) is 3.44. The van der Waals surface area contributed by atoms with Crippen molar-refractivity contribution < 1.29 is 0 Å². The maximum atomic E-state index is 3.16. The lowest BCUT2D eigenvalue weighted by Crippen LogP contribution is -2.05. The molecule has 0 saturated carbocycles. The molecule has 0 saturated heterocycles. The van der Waals surface area contributed by atoms with Gasteiger partial charge in [0.1, 0.15) is 0 Å². The summed E-state index contributed by atoms with van der Waals surface area (Å²) in [7, 11) is 1.94. The van der Waals surface area contributed by atoms with Gasteiger partial charge in [0.2, 0.25) is 0 Å². The van der Waals surface area contributed by atoms with Gasteiger partial charge in [-0.1, -0.05) is 11.8 Å². The number of hydrogen-bond acceptors (Lipinski definition) is 1. The molecular formula is C13H14N2. The molecular weight excluding hydrogens is 184 g/mol. The first-order valence-electron chi connectivity index (χ1n) is 5.11. The van der Waals surface area contributed by atoms with E-state index in [-0.39, 0.29) is 0 Å². The highest BCUT2D eigenvalue weighted by Gasteiger charge is 1.93. The zero-order valence-corrected chi connectivity index (χ0v) is 8.80. The zero-order chi connectivity index (χ0) is 10.5. The van der Waals surface area contributed by atoms with Gasteiger partial charge in [0, 0.05) is 35.6 Å². The molecule has 0 aliphatic rings. The molecule has 1 aromatic heterocycles. The van der Waals surface area contributed by atoms with Crippen LogP contribution in [0.1, 0.15) is 12.0 Å². The van der Waals surface area contributed by atoms with Gasteiger partial charge in [-0.2, -0.15) is 0 Å². The van der Waals surface area contributed by atoms with Gasteiger partial charge in [-0.3, -0.25) is 0 Å². The molecule has 2 rings (SSSR count). The van der Waals surface area contributed by atoms with Gasteiger partial charge in [0.25, 0.3) is 0 Å². The Balaban J connectivity index is 2.16. The summed E-state index contributed by atoms with van der Waals surface area (Å²) in [6.07, 6.45) is 2.84. The lowest BCUT2D eigenvalue weighted by Gasteiger charge is -1.92. The highest BCUT2D eigenvalue weighted by atomic mass is 14.8. The Bertz CT molecular complexity index is 500. The maximum Gasteiger partial charge on any atom is 0.0454 e. The fraction of sp³-hybridized carbons (Fsp3) is 0.231. The van der Waals surface area contributed by atoms with Crippen LogP contribution in [0.15, 0.2) is 30.5 Å². The van der Waals surface area contributed by atoms with E-state index in [1.807, 2.05) is 19.3 Å². The molecule has 2 N–H and O–H groups in total. The van der Waals surface area contributed by atoms with Crippen molar-refractivity contribution in [2.45, 2.75) is 6.42 Å². The van der Waals surface area contributed by atoms with Gasteiger partial charge < -0.3 is 10.3 Å². The second-order valence-electron chi connectivity index (χ2n) is 3.44. The Morgan fingerprint density at radius 2 is 2.27 bits per heavy atom. The largest absolute Gasteiger partial charge is 0.361 e. The highest BCUT2D eigenvalue weighted by Crippen LogP contribution is 2.13. The van der Waals surface area contributed by atoms with Gasteiger partial charge >= 0.3 is 0 Å². The first kappa shape index (κ1) is 9.82. The van der Waals surface area contributed by atoms with Crippen molar-refractivity contribution in [2.24, 2.45) is 0 Å². The third kappa shape index (κ3) is 2.39. The SMILES string of the molecule is CNCCC#Cc1ccc2[nH]ccc2c1. The van der Waals surface area contributed by atoms with Crippen LogP contribution in [-0.2, 0) is 0 Å². The topological polar surface area (TPSA) is 27.8 Å². The highest BCUT2D eigenvalue weighted by molar-refractivity contribution is 5.80. The number of aromatic nitrogens is 1. The molecule has 0 unspecified atom stereocenters. The van der Waals surface area contributed by atoms with Crippen molar-refractivity contribution in [1.29, 1.82) is 0 Å². The summed E-state index contributed by atoms with van der Waals surface area (Å²) in [6, 6.07) is 8.29. The van der Waals surface area contributed by atoms with Gasteiger partial charge in [0.15, 0.2) is 0 Å². The van der Waals surface area contributed by atoms with E-state index in [1.54, 1.807) is 0 Å². The van der Waals surface area contributed by atoms with Gasteiger partial charge in [-0.25, -0.2) is 0 Å². The number of rotatable bonds is 2. The maximum absolute atomic E-state index is 3.16. The van der Waals surface area contributed by atoms with Crippen LogP contribution in [0.3, 0.4) is 0 Å². The Hall–Kier alpha value is -1.72. The van der Waals surface area contributed by atoms with Crippen molar-refractivity contribution in [1.82, 2.24) is 10.3 Å². The van der Waals surface area contributed by atoms with E-state index >= 15 is 0 Å². The van der Waals surface area contributed by atoms with E-state index in [9.17, 15) is 0 Å². The summed E-state index contributed by atoms with van der Waals surface area (Å²) in [5, 5.41) is 4.29. The third-order valence-electron chi connectivity index (χ3n) is 2.29. The van der Waals surface area contributed by atoms with E-state index in [0.29, 0.717) is 0 Å². The number of H-pyrrole nitrogens is 1. The molecule has 2 aromatic rings. The van der Waals surface area contributed by atoms with Crippen LogP contribution >= 0.6 is 0 Å². The molecule has 0 spiro atoms. The number of aromatic amines is 1. The molecule has 1 heterocycles. The molecule has 76 valence electrons. The van der Waals surface area contributed by atoms with E-state index in [1.165, 1.54) is 5.39 Å². The molecule has 0 fully saturated rings. The van der Waals surface area contributed by atoms with Crippen LogP contribution in [0, 0.1) is 11.8 Å². The van der Waals surface area contributed by atoms with Gasteiger partial charge in [-0.15, -0.1) is 0 Å². The molecule has 15 heavy (non-hydrogen) atoms. The quantitative estimate of drug-likeness (QED) is 0.561. The van der Waals surface area contributed by atoms with Gasteiger partial charge in [0.05, 0.1) is 0 Å². The average Bonchev–Trinajstić information content (AvgIpc) is 2.71. The minimum atomic E-state index is 0.891. The monoisotopic (exact) mass is 198 g/mol. The van der Waals surface area contributed by atoms with Crippen LogP contribution < -0.4 is 5.32 Å². The van der Waals surface area contributed by atoms with Crippen LogP contribution in [0.2, 0.25) is 0 Å². The average molecular weight is 198 g/mol. The number of nitrogens with one attached hydrogen (secondary N) is 2. The molecule has 0 amide bonds. The molecule has 2 heteroatoms. The van der Waals surface area contributed by atoms with Crippen LogP contribution in [-0.4, -0.2) is 18.6 Å². The summed E-state index contributed by atoms with van der Waals surface area (Å²) in [4.78, 5) is 3.16. The predicted octanol–water partition coefficient (Wildman–Crippen LogP) is 2.13. The Morgan fingerprint density at radius 1 is 1.33 bits per heavy atom. The lowest BCUT2D eigenvalue weighted by atomic mass is 10.1. The van der Waals surface area contributed by atoms with Crippen molar-refractivity contribution in [3.05, 3.63) is 36.0 Å². The predicted molar refractivity (Wildman–Crippen MR) is 63.7 cm³/mol. The van der Waals surface area contributed by atoms with E-state index < -0.39 is 0 Å². The van der Waals surface area contributed by atoms with E-state index in [2.05, 4.69) is 40.3 Å². The molecule has 2 nitrogen and oxygen atoms in total. The number of fused-ring (bicyclic) bond motifs is 1. The normalized spacial score (nSPS) is 9.93. The second kappa shape index (κ2) is 4.68. The summed E-state index contributed by atoms with van der Waals surface area (Å²) in [5.74, 6) is 6.29. The number of hydrogen-bond donors (Lipinski definition) is 2. The number of benzene rings is 1. The fourth-order valence-corrected chi connectivity index (χ4v) is 1.48. The molecule has 0 bridgehead atoms. The van der Waals surface area contributed by atoms with Crippen molar-refractivity contribution in [3.63, 3.8) is 0 Å². The van der Waals surface area contributed by atoms with Crippen LogP contribution in [0.4, 0.5) is 0 Å². The smallest absolute Gasteiger partial charge is 0.0454 e. The summed E-state index contributed by atoms with van der Waals surface area (Å²) in [5.41, 5.74) is 2.24. The lowest BCUT2D eigenvalue weighted by molar-refractivity contribution is 0.818. The molecule has 0 aliphatic heterocycles. The molecule has 0 aliphatic carbocycles. The first-order valence-corrected chi connectivity index (χ1v) is 5.11. The first-order chi connectivity index (χ1) is 7.40. The summed E-state index contributed by atoms with van der Waals surface area (Å²) in [6.45, 7) is 0.944. The van der Waals surface area contributed by atoms with Crippen LogP contribution in [0.25, 0.3) is 10.9 Å². The Morgan fingerprint density at radius 3 is 3.13 bits per heavy atom. The minimum absolute atomic E-state index is 0.891. The Kier molecular flexibility index (Phi) is 3.06. The summed E-state index contributed by atoms with van der Waals surface area (Å²) < 4.78 is 0. The van der Waals surface area contributed by atoms with Crippen molar-refractivity contribution >= 4 is 10.9 Å².